The molecular formula is C26H28ClF3N4O3. The molecule has 37 heavy (non-hydrogen) atoms. The number of alkyl halides is 3. The highest BCUT2D eigenvalue weighted by Gasteiger charge is 2.32. The molecular weight excluding hydrogens is 509 g/mol. The molecule has 0 bridgehead atoms. The van der Waals surface area contributed by atoms with Crippen LogP contribution in [-0.4, -0.2) is 53.5 Å². The van der Waals surface area contributed by atoms with Crippen molar-refractivity contribution >= 4 is 35.0 Å². The Labute approximate surface area is 218 Å². The second-order valence-corrected chi connectivity index (χ2v) is 9.92. The number of rotatable bonds is 5. The van der Waals surface area contributed by atoms with Crippen LogP contribution in [0.1, 0.15) is 43.1 Å². The monoisotopic (exact) mass is 536 g/mol. The zero-order valence-corrected chi connectivity index (χ0v) is 21.4. The number of benzene rings is 2. The van der Waals surface area contributed by atoms with E-state index in [1.807, 2.05) is 0 Å². The summed E-state index contributed by atoms with van der Waals surface area (Å²) in [5, 5.41) is 3.13. The van der Waals surface area contributed by atoms with Crippen LogP contribution in [0.5, 0.6) is 0 Å². The smallest absolute Gasteiger partial charge is 0.430 e. The molecule has 7 nitrogen and oxygen atoms in total. The summed E-state index contributed by atoms with van der Waals surface area (Å²) in [6, 6.07) is 12.1. The molecule has 0 aliphatic carbocycles. The highest BCUT2D eigenvalue weighted by molar-refractivity contribution is 6.33. The fraction of sp³-hybridized carbons (Fsp3) is 0.346. The van der Waals surface area contributed by atoms with Gasteiger partial charge in [-0.05, 0) is 57.5 Å². The van der Waals surface area contributed by atoms with Crippen LogP contribution in [0.4, 0.5) is 23.7 Å². The number of amides is 2. The number of allylic oxidation sites excluding steroid dienone is 2. The fourth-order valence-corrected chi connectivity index (χ4v) is 3.69. The highest BCUT2D eigenvalue weighted by atomic mass is 35.5. The Balaban J connectivity index is 1.76. The summed E-state index contributed by atoms with van der Waals surface area (Å²) >= 11 is 6.12. The van der Waals surface area contributed by atoms with Crippen molar-refractivity contribution in [2.45, 2.75) is 45.0 Å². The Hall–Kier alpha value is -3.53. The van der Waals surface area contributed by atoms with E-state index in [2.05, 4.69) is 10.3 Å². The molecule has 2 amide bonds. The van der Waals surface area contributed by atoms with E-state index >= 15 is 0 Å². The molecule has 198 valence electrons. The number of aliphatic imine (C=N–C) groups is 1. The average molecular weight is 537 g/mol. The van der Waals surface area contributed by atoms with E-state index in [4.69, 9.17) is 22.1 Å². The van der Waals surface area contributed by atoms with Crippen molar-refractivity contribution in [3.8, 4) is 0 Å². The Morgan fingerprint density at radius 1 is 1.11 bits per heavy atom. The van der Waals surface area contributed by atoms with Crippen LogP contribution in [0, 0.1) is 0 Å². The van der Waals surface area contributed by atoms with Gasteiger partial charge in [-0.25, -0.2) is 9.79 Å². The zero-order chi connectivity index (χ0) is 27.4. The number of hydrogen-bond donors (Lipinski definition) is 2. The molecule has 1 saturated heterocycles. The summed E-state index contributed by atoms with van der Waals surface area (Å²) in [7, 11) is 0. The van der Waals surface area contributed by atoms with E-state index in [1.165, 1.54) is 29.2 Å². The lowest BCUT2D eigenvalue weighted by atomic mass is 10.1. The molecule has 0 spiro atoms. The minimum atomic E-state index is -4.74. The van der Waals surface area contributed by atoms with Gasteiger partial charge in [-0.3, -0.25) is 4.79 Å². The Kier molecular flexibility index (Phi) is 8.53. The molecule has 0 aromatic heterocycles. The normalized spacial score (nSPS) is 17.1. The summed E-state index contributed by atoms with van der Waals surface area (Å²) in [4.78, 5) is 30.8. The average Bonchev–Trinajstić information content (AvgIpc) is 3.27. The molecule has 0 radical (unpaired) electrons. The number of carbonyl (C=O) groups excluding carboxylic acids is 2. The molecule has 1 heterocycles. The van der Waals surface area contributed by atoms with Gasteiger partial charge in [0.15, 0.2) is 0 Å². The van der Waals surface area contributed by atoms with E-state index in [0.29, 0.717) is 30.6 Å². The number of ether oxygens (including phenoxy) is 1. The van der Waals surface area contributed by atoms with Crippen molar-refractivity contribution in [3.05, 3.63) is 76.5 Å². The van der Waals surface area contributed by atoms with Gasteiger partial charge in [0.05, 0.1) is 16.4 Å². The first-order valence-electron chi connectivity index (χ1n) is 11.5. The van der Waals surface area contributed by atoms with Gasteiger partial charge in [-0.2, -0.15) is 13.2 Å². The summed E-state index contributed by atoms with van der Waals surface area (Å²) < 4.78 is 44.7. The molecule has 1 aliphatic rings. The molecule has 0 saturated carbocycles. The first-order chi connectivity index (χ1) is 17.2. The lowest BCUT2D eigenvalue weighted by molar-refractivity contribution is -0.0925. The number of nitrogens with zero attached hydrogens (tertiary/aromatic N) is 2. The first kappa shape index (κ1) is 28.0. The third-order valence-electron chi connectivity index (χ3n) is 5.33. The maximum atomic E-state index is 13.1. The van der Waals surface area contributed by atoms with Gasteiger partial charge in [0.2, 0.25) is 0 Å². The SMILES string of the molecule is CC(C)(C)OC(=O)N1CCC(NC(=O)c2ccc(C(/C=C(\N)C(F)(F)F)=Nc3ccccc3Cl)cc2)C1. The Morgan fingerprint density at radius 3 is 2.32 bits per heavy atom. The molecule has 11 heteroatoms. The zero-order valence-electron chi connectivity index (χ0n) is 20.6. The number of nitrogens with two attached hydrogens (primary N) is 1. The maximum absolute atomic E-state index is 13.1. The van der Waals surface area contributed by atoms with E-state index < -0.39 is 23.6 Å². The van der Waals surface area contributed by atoms with Gasteiger partial charge in [0.1, 0.15) is 11.3 Å². The topological polar surface area (TPSA) is 97.0 Å². The number of carbonyl (C=O) groups is 2. The van der Waals surface area contributed by atoms with Crippen molar-refractivity contribution in [2.24, 2.45) is 10.7 Å². The quantitative estimate of drug-likeness (QED) is 0.486. The van der Waals surface area contributed by atoms with E-state index in [1.54, 1.807) is 45.0 Å². The van der Waals surface area contributed by atoms with Crippen molar-refractivity contribution in [1.29, 1.82) is 0 Å². The van der Waals surface area contributed by atoms with Gasteiger partial charge in [-0.15, -0.1) is 0 Å². The van der Waals surface area contributed by atoms with Crippen LogP contribution in [0.2, 0.25) is 5.02 Å². The van der Waals surface area contributed by atoms with Crippen LogP contribution < -0.4 is 11.1 Å². The molecule has 2 aromatic rings. The van der Waals surface area contributed by atoms with Crippen LogP contribution >= 0.6 is 11.6 Å². The molecule has 1 atom stereocenters. The predicted octanol–water partition coefficient (Wildman–Crippen LogP) is 5.60. The lowest BCUT2D eigenvalue weighted by Gasteiger charge is -2.24. The second kappa shape index (κ2) is 11.2. The molecule has 3 N–H and O–H groups in total. The van der Waals surface area contributed by atoms with Gasteiger partial charge >= 0.3 is 12.3 Å². The van der Waals surface area contributed by atoms with Crippen LogP contribution in [0.15, 0.2) is 65.3 Å². The maximum Gasteiger partial charge on any atom is 0.430 e. The summed E-state index contributed by atoms with van der Waals surface area (Å²) in [5.41, 5.74) is 4.10. The largest absolute Gasteiger partial charge is 0.444 e. The van der Waals surface area contributed by atoms with Gasteiger partial charge < -0.3 is 20.7 Å². The minimum absolute atomic E-state index is 0.0707. The van der Waals surface area contributed by atoms with Crippen molar-refractivity contribution in [1.82, 2.24) is 10.2 Å². The Bertz CT molecular complexity index is 1200. The molecule has 3 rings (SSSR count). The molecule has 1 fully saturated rings. The number of nitrogens with one attached hydrogen (secondary N) is 1. The highest BCUT2D eigenvalue weighted by Crippen LogP contribution is 2.27. The van der Waals surface area contributed by atoms with Crippen molar-refractivity contribution in [2.75, 3.05) is 13.1 Å². The minimum Gasteiger partial charge on any atom is -0.444 e. The number of likely N-dealkylation sites (tertiary alicyclic amines) is 1. The lowest BCUT2D eigenvalue weighted by Crippen LogP contribution is -2.40. The summed E-state index contributed by atoms with van der Waals surface area (Å²) in [5.74, 6) is -0.377. The second-order valence-electron chi connectivity index (χ2n) is 9.51. The van der Waals surface area contributed by atoms with Crippen molar-refractivity contribution < 1.29 is 27.5 Å². The van der Waals surface area contributed by atoms with Crippen LogP contribution in [0.25, 0.3) is 0 Å². The Morgan fingerprint density at radius 2 is 1.73 bits per heavy atom. The summed E-state index contributed by atoms with van der Waals surface area (Å²) in [6.45, 7) is 6.10. The number of halogens is 4. The van der Waals surface area contributed by atoms with E-state index in [0.717, 1.165) is 6.08 Å². The third kappa shape index (κ3) is 7.98. The van der Waals surface area contributed by atoms with Gasteiger partial charge in [0, 0.05) is 30.3 Å². The number of para-hydroxylation sites is 1. The first-order valence-corrected chi connectivity index (χ1v) is 11.9. The summed E-state index contributed by atoms with van der Waals surface area (Å²) in [6.07, 6.45) is -3.89. The van der Waals surface area contributed by atoms with Gasteiger partial charge in [-0.1, -0.05) is 35.9 Å². The standard InChI is InChI=1S/C26H28ClF3N4O3/c1-25(2,3)37-24(36)34-13-12-18(15-34)32-23(35)17-10-8-16(9-11-17)21(14-22(31)26(28,29)30)33-20-7-5-4-6-19(20)27/h4-11,14,18H,12-13,15,31H2,1-3H3,(H,32,35)/b22-14-,33-21?. The molecule has 1 unspecified atom stereocenters. The predicted molar refractivity (Wildman–Crippen MR) is 136 cm³/mol. The van der Waals surface area contributed by atoms with Crippen molar-refractivity contribution in [3.63, 3.8) is 0 Å². The van der Waals surface area contributed by atoms with Gasteiger partial charge in [0.25, 0.3) is 5.91 Å². The van der Waals surface area contributed by atoms with Crippen LogP contribution in [-0.2, 0) is 4.74 Å². The van der Waals surface area contributed by atoms with E-state index in [9.17, 15) is 22.8 Å². The fourth-order valence-electron chi connectivity index (χ4n) is 3.51. The molecule has 1 aliphatic heterocycles. The number of hydrogen-bond acceptors (Lipinski definition) is 5. The van der Waals surface area contributed by atoms with E-state index in [-0.39, 0.29) is 28.4 Å². The third-order valence-corrected chi connectivity index (χ3v) is 5.65. The molecule has 2 aromatic carbocycles. The van der Waals surface area contributed by atoms with Crippen LogP contribution in [0.3, 0.4) is 0 Å².